The van der Waals surface area contributed by atoms with Gasteiger partial charge in [0.05, 0.1) is 6.54 Å². The van der Waals surface area contributed by atoms with Gasteiger partial charge in [0.15, 0.2) is 0 Å². The number of likely N-dealkylation sites (N-methyl/N-ethyl adjacent to an activating group) is 1. The maximum absolute atomic E-state index is 12.5. The van der Waals surface area contributed by atoms with Crippen molar-refractivity contribution in [2.75, 3.05) is 26.2 Å². The van der Waals surface area contributed by atoms with Gasteiger partial charge in [-0.05, 0) is 32.6 Å². The van der Waals surface area contributed by atoms with E-state index in [2.05, 4.69) is 16.7 Å². The van der Waals surface area contributed by atoms with E-state index in [9.17, 15) is 4.79 Å². The number of hydrogen-bond donors (Lipinski definition) is 1. The fraction of sp³-hybridized carbons (Fsp3) is 0.933. The number of carbonyl (C=O) groups is 1. The van der Waals surface area contributed by atoms with E-state index >= 15 is 0 Å². The zero-order valence-electron chi connectivity index (χ0n) is 12.7. The topological polar surface area (TPSA) is 49.6 Å². The normalized spacial score (nSPS) is 22.3. The van der Waals surface area contributed by atoms with Crippen LogP contribution < -0.4 is 5.73 Å². The van der Waals surface area contributed by atoms with E-state index in [4.69, 9.17) is 5.73 Å². The molecule has 1 heterocycles. The molecule has 1 saturated carbocycles. The Morgan fingerprint density at radius 2 is 1.75 bits per heavy atom. The fourth-order valence-corrected chi connectivity index (χ4v) is 3.42. The second-order valence-corrected chi connectivity index (χ2v) is 6.09. The molecule has 0 bridgehead atoms. The van der Waals surface area contributed by atoms with Crippen LogP contribution in [0, 0.1) is 0 Å². The molecule has 20 heavy (non-hydrogen) atoms. The van der Waals surface area contributed by atoms with Crippen LogP contribution in [0.2, 0.25) is 0 Å². The summed E-state index contributed by atoms with van der Waals surface area (Å²) in [6, 6.07) is 0.838. The molecule has 2 fully saturated rings. The molecule has 1 aliphatic carbocycles. The van der Waals surface area contributed by atoms with E-state index in [1.54, 1.807) is 0 Å². The number of likely N-dealkylation sites (tertiary alicyclic amines) is 1. The van der Waals surface area contributed by atoms with Gasteiger partial charge in [0.1, 0.15) is 0 Å². The monoisotopic (exact) mass is 303 g/mol. The number of amides is 1. The summed E-state index contributed by atoms with van der Waals surface area (Å²) in [5.74, 6) is 0.324. The molecule has 0 radical (unpaired) electrons. The van der Waals surface area contributed by atoms with Crippen LogP contribution in [-0.4, -0.2) is 54.0 Å². The SMILES string of the molecule is CCN(C(=O)CN1CCC(N)CC1)C1CCCCC1.Cl. The molecule has 0 aromatic carbocycles. The Kier molecular flexibility index (Phi) is 7.85. The molecule has 2 rings (SSSR count). The van der Waals surface area contributed by atoms with E-state index in [1.165, 1.54) is 32.1 Å². The average molecular weight is 304 g/mol. The highest BCUT2D eigenvalue weighted by atomic mass is 35.5. The van der Waals surface area contributed by atoms with Crippen LogP contribution in [0.3, 0.4) is 0 Å². The van der Waals surface area contributed by atoms with Crippen molar-refractivity contribution in [3.05, 3.63) is 0 Å². The first-order valence-corrected chi connectivity index (χ1v) is 7.98. The Balaban J connectivity index is 0.00000200. The lowest BCUT2D eigenvalue weighted by molar-refractivity contribution is -0.135. The lowest BCUT2D eigenvalue weighted by Gasteiger charge is -2.36. The molecular formula is C15H30ClN3O. The molecule has 1 aliphatic heterocycles. The van der Waals surface area contributed by atoms with Crippen molar-refractivity contribution in [2.45, 2.75) is 64.0 Å². The highest BCUT2D eigenvalue weighted by Gasteiger charge is 2.26. The summed E-state index contributed by atoms with van der Waals surface area (Å²) in [7, 11) is 0. The Morgan fingerprint density at radius 3 is 2.30 bits per heavy atom. The van der Waals surface area contributed by atoms with E-state index in [0.29, 0.717) is 24.5 Å². The standard InChI is InChI=1S/C15H29N3O.ClH/c1-2-18(14-6-4-3-5-7-14)15(19)12-17-10-8-13(16)9-11-17;/h13-14H,2-12,16H2,1H3;1H. The minimum Gasteiger partial charge on any atom is -0.339 e. The van der Waals surface area contributed by atoms with Crippen LogP contribution in [0.5, 0.6) is 0 Å². The van der Waals surface area contributed by atoms with Gasteiger partial charge in [0, 0.05) is 31.7 Å². The molecule has 1 saturated heterocycles. The van der Waals surface area contributed by atoms with Crippen LogP contribution in [0.4, 0.5) is 0 Å². The van der Waals surface area contributed by atoms with Crippen LogP contribution in [0.15, 0.2) is 0 Å². The van der Waals surface area contributed by atoms with Crippen LogP contribution in [0.25, 0.3) is 0 Å². The van der Waals surface area contributed by atoms with Gasteiger partial charge in [0.25, 0.3) is 0 Å². The number of piperidine rings is 1. The fourth-order valence-electron chi connectivity index (χ4n) is 3.42. The third-order valence-corrected chi connectivity index (χ3v) is 4.67. The largest absolute Gasteiger partial charge is 0.339 e. The van der Waals surface area contributed by atoms with Gasteiger partial charge in [-0.15, -0.1) is 12.4 Å². The molecule has 0 aromatic rings. The minimum absolute atomic E-state index is 0. The molecule has 5 heteroatoms. The first-order chi connectivity index (χ1) is 9.20. The van der Waals surface area contributed by atoms with Gasteiger partial charge in [-0.2, -0.15) is 0 Å². The van der Waals surface area contributed by atoms with E-state index in [-0.39, 0.29) is 12.4 Å². The first-order valence-electron chi connectivity index (χ1n) is 7.98. The molecule has 118 valence electrons. The number of nitrogens with two attached hydrogens (primary N) is 1. The van der Waals surface area contributed by atoms with Crippen molar-refractivity contribution in [2.24, 2.45) is 5.73 Å². The van der Waals surface area contributed by atoms with Crippen molar-refractivity contribution in [3.8, 4) is 0 Å². The van der Waals surface area contributed by atoms with E-state index < -0.39 is 0 Å². The first kappa shape index (κ1) is 17.7. The molecule has 1 amide bonds. The molecular weight excluding hydrogens is 274 g/mol. The van der Waals surface area contributed by atoms with Crippen molar-refractivity contribution >= 4 is 18.3 Å². The lowest BCUT2D eigenvalue weighted by Crippen LogP contribution is -2.49. The Morgan fingerprint density at radius 1 is 1.15 bits per heavy atom. The molecule has 0 spiro atoms. The van der Waals surface area contributed by atoms with Gasteiger partial charge < -0.3 is 10.6 Å². The van der Waals surface area contributed by atoms with Gasteiger partial charge in [-0.3, -0.25) is 9.69 Å². The summed E-state index contributed by atoms with van der Waals surface area (Å²) in [4.78, 5) is 16.9. The summed E-state index contributed by atoms with van der Waals surface area (Å²) < 4.78 is 0. The second kappa shape index (κ2) is 8.85. The summed E-state index contributed by atoms with van der Waals surface area (Å²) in [6.07, 6.45) is 8.37. The summed E-state index contributed by atoms with van der Waals surface area (Å²) >= 11 is 0. The van der Waals surface area contributed by atoms with Crippen LogP contribution >= 0.6 is 12.4 Å². The number of hydrogen-bond acceptors (Lipinski definition) is 3. The maximum atomic E-state index is 12.5. The van der Waals surface area contributed by atoms with Gasteiger partial charge in [-0.1, -0.05) is 19.3 Å². The zero-order chi connectivity index (χ0) is 13.7. The van der Waals surface area contributed by atoms with E-state index in [0.717, 1.165) is 32.5 Å². The molecule has 0 unspecified atom stereocenters. The molecule has 0 atom stereocenters. The third-order valence-electron chi connectivity index (χ3n) is 4.67. The lowest BCUT2D eigenvalue weighted by atomic mass is 9.94. The Hall–Kier alpha value is -0.320. The predicted molar refractivity (Wildman–Crippen MR) is 85.2 cm³/mol. The number of rotatable bonds is 4. The number of halogens is 1. The number of nitrogens with zero attached hydrogens (tertiary/aromatic N) is 2. The molecule has 2 N–H and O–H groups in total. The molecule has 4 nitrogen and oxygen atoms in total. The van der Waals surface area contributed by atoms with E-state index in [1.807, 2.05) is 0 Å². The quantitative estimate of drug-likeness (QED) is 0.864. The average Bonchev–Trinajstić information content (AvgIpc) is 2.43. The highest BCUT2D eigenvalue weighted by molar-refractivity contribution is 5.85. The van der Waals surface area contributed by atoms with Gasteiger partial charge in [0.2, 0.25) is 5.91 Å². The smallest absolute Gasteiger partial charge is 0.236 e. The Labute approximate surface area is 129 Å². The van der Waals surface area contributed by atoms with Gasteiger partial charge >= 0.3 is 0 Å². The van der Waals surface area contributed by atoms with Crippen molar-refractivity contribution in [3.63, 3.8) is 0 Å². The third kappa shape index (κ3) is 4.90. The molecule has 2 aliphatic rings. The zero-order valence-corrected chi connectivity index (χ0v) is 13.5. The van der Waals surface area contributed by atoms with Crippen LogP contribution in [0.1, 0.15) is 51.9 Å². The number of carbonyl (C=O) groups excluding carboxylic acids is 1. The predicted octanol–water partition coefficient (Wildman–Crippen LogP) is 2.01. The van der Waals surface area contributed by atoms with Crippen LogP contribution in [-0.2, 0) is 4.79 Å². The second-order valence-electron chi connectivity index (χ2n) is 6.09. The van der Waals surface area contributed by atoms with Gasteiger partial charge in [-0.25, -0.2) is 0 Å². The van der Waals surface area contributed by atoms with Crippen molar-refractivity contribution in [1.29, 1.82) is 0 Å². The summed E-state index contributed by atoms with van der Waals surface area (Å²) in [6.45, 7) is 5.52. The molecule has 0 aromatic heterocycles. The summed E-state index contributed by atoms with van der Waals surface area (Å²) in [5.41, 5.74) is 5.91. The highest BCUT2D eigenvalue weighted by Crippen LogP contribution is 2.22. The maximum Gasteiger partial charge on any atom is 0.236 e. The minimum atomic E-state index is 0. The van der Waals surface area contributed by atoms with Crippen molar-refractivity contribution < 1.29 is 4.79 Å². The van der Waals surface area contributed by atoms with Crippen molar-refractivity contribution in [1.82, 2.24) is 9.80 Å². The summed E-state index contributed by atoms with van der Waals surface area (Å²) in [5, 5.41) is 0. The Bertz CT molecular complexity index is 287.